The van der Waals surface area contributed by atoms with Crippen molar-refractivity contribution in [1.82, 2.24) is 10.6 Å². The molecule has 7 heteroatoms. The molecule has 1 aromatic carbocycles. The van der Waals surface area contributed by atoms with Gasteiger partial charge in [0.25, 0.3) is 0 Å². The van der Waals surface area contributed by atoms with Crippen molar-refractivity contribution in [3.63, 3.8) is 0 Å². The number of benzene rings is 1. The highest BCUT2D eigenvalue weighted by Crippen LogP contribution is 2.15. The topological polar surface area (TPSA) is 98.7 Å². The predicted molar refractivity (Wildman–Crippen MR) is 78.2 cm³/mol. The molecule has 0 heterocycles. The number of likely N-dealkylation sites (N-methyl/N-ethyl adjacent to an activating group) is 1. The van der Waals surface area contributed by atoms with Gasteiger partial charge in [0, 0.05) is 12.7 Å². The number of carboxylic acids is 1. The fourth-order valence-corrected chi connectivity index (χ4v) is 1.69. The third-order valence-electron chi connectivity index (χ3n) is 2.86. The Morgan fingerprint density at radius 2 is 1.81 bits per heavy atom. The Labute approximate surface area is 122 Å². The molecule has 0 saturated carbocycles. The Hall–Kier alpha value is -2.57. The average molecular weight is 293 g/mol. The number of rotatable bonds is 5. The second-order valence-corrected chi connectivity index (χ2v) is 4.60. The number of carbonyl (C=O) groups is 3. The molecule has 3 N–H and O–H groups in total. The van der Waals surface area contributed by atoms with Crippen molar-refractivity contribution < 1.29 is 19.5 Å². The normalized spacial score (nSPS) is 11.4. The monoisotopic (exact) mass is 293 g/mol. The lowest BCUT2D eigenvalue weighted by molar-refractivity contribution is -0.135. The molecular weight excluding hydrogens is 274 g/mol. The second kappa shape index (κ2) is 7.28. The molecule has 1 aromatic rings. The number of nitrogens with one attached hydrogen (secondary N) is 2. The molecule has 3 amide bonds. The summed E-state index contributed by atoms with van der Waals surface area (Å²) < 4.78 is 0. The molecule has 0 aliphatic heterocycles. The van der Waals surface area contributed by atoms with Crippen LogP contribution >= 0.6 is 0 Å². The van der Waals surface area contributed by atoms with Gasteiger partial charge in [-0.2, -0.15) is 0 Å². The van der Waals surface area contributed by atoms with E-state index in [1.165, 1.54) is 14.0 Å². The molecule has 0 aliphatic carbocycles. The van der Waals surface area contributed by atoms with Crippen molar-refractivity contribution >= 4 is 23.6 Å². The van der Waals surface area contributed by atoms with Crippen LogP contribution in [0, 0.1) is 6.92 Å². The van der Waals surface area contributed by atoms with Gasteiger partial charge in [-0.3, -0.25) is 14.5 Å². The molecule has 21 heavy (non-hydrogen) atoms. The molecule has 0 bridgehead atoms. The summed E-state index contributed by atoms with van der Waals surface area (Å²) in [5, 5.41) is 13.8. The second-order valence-electron chi connectivity index (χ2n) is 4.60. The molecule has 0 spiro atoms. The number of nitrogens with zero attached hydrogens (tertiary/aromatic N) is 1. The van der Waals surface area contributed by atoms with E-state index >= 15 is 0 Å². The van der Waals surface area contributed by atoms with Crippen molar-refractivity contribution in [3.05, 3.63) is 29.8 Å². The third-order valence-corrected chi connectivity index (χ3v) is 2.86. The van der Waals surface area contributed by atoms with Gasteiger partial charge in [-0.1, -0.05) is 17.7 Å². The molecule has 0 aliphatic rings. The van der Waals surface area contributed by atoms with Crippen molar-refractivity contribution in [2.45, 2.75) is 19.9 Å². The highest BCUT2D eigenvalue weighted by atomic mass is 16.4. The van der Waals surface area contributed by atoms with Crippen LogP contribution in [0.3, 0.4) is 0 Å². The molecule has 0 saturated heterocycles. The minimum atomic E-state index is -1.14. The van der Waals surface area contributed by atoms with Crippen molar-refractivity contribution in [2.75, 3.05) is 18.5 Å². The van der Waals surface area contributed by atoms with Gasteiger partial charge >= 0.3 is 12.0 Å². The van der Waals surface area contributed by atoms with Gasteiger partial charge in [0.1, 0.15) is 12.6 Å². The van der Waals surface area contributed by atoms with Crippen molar-refractivity contribution in [3.8, 4) is 0 Å². The lowest BCUT2D eigenvalue weighted by Crippen LogP contribution is -2.50. The number of anilines is 1. The molecule has 1 atom stereocenters. The van der Waals surface area contributed by atoms with Crippen LogP contribution in [0.1, 0.15) is 12.5 Å². The van der Waals surface area contributed by atoms with Crippen LogP contribution in [0.15, 0.2) is 24.3 Å². The average Bonchev–Trinajstić information content (AvgIpc) is 2.44. The maximum absolute atomic E-state index is 12.2. The van der Waals surface area contributed by atoms with Crippen LogP contribution in [-0.2, 0) is 9.59 Å². The number of urea groups is 1. The van der Waals surface area contributed by atoms with Gasteiger partial charge in [-0.15, -0.1) is 0 Å². The maximum atomic E-state index is 12.2. The fourth-order valence-electron chi connectivity index (χ4n) is 1.69. The van der Waals surface area contributed by atoms with E-state index < -0.39 is 24.6 Å². The zero-order chi connectivity index (χ0) is 16.0. The number of hydrogen-bond donors (Lipinski definition) is 3. The Morgan fingerprint density at radius 3 is 2.29 bits per heavy atom. The van der Waals surface area contributed by atoms with E-state index in [1.807, 2.05) is 6.92 Å². The van der Waals surface area contributed by atoms with E-state index in [-0.39, 0.29) is 5.91 Å². The molecule has 0 aromatic heterocycles. The van der Waals surface area contributed by atoms with E-state index in [0.29, 0.717) is 5.69 Å². The molecule has 0 fully saturated rings. The van der Waals surface area contributed by atoms with Crippen LogP contribution in [0.2, 0.25) is 0 Å². The van der Waals surface area contributed by atoms with Crippen LogP contribution in [0.4, 0.5) is 10.5 Å². The van der Waals surface area contributed by atoms with Gasteiger partial charge in [0.15, 0.2) is 0 Å². The molecule has 7 nitrogen and oxygen atoms in total. The molecule has 1 unspecified atom stereocenters. The highest BCUT2D eigenvalue weighted by molar-refractivity contribution is 5.98. The largest absolute Gasteiger partial charge is 0.480 e. The number of carbonyl (C=O) groups excluding carboxylic acids is 2. The number of aliphatic carboxylic acids is 1. The van der Waals surface area contributed by atoms with Crippen LogP contribution in [-0.4, -0.2) is 42.6 Å². The Bertz CT molecular complexity index is 528. The first-order valence-electron chi connectivity index (χ1n) is 6.43. The SMILES string of the molecule is CNC(=O)C(C)NC(=O)N(CC(=O)O)c1ccc(C)cc1. The summed E-state index contributed by atoms with van der Waals surface area (Å²) in [4.78, 5) is 35.6. The Balaban J connectivity index is 2.91. The number of aryl methyl sites for hydroxylation is 1. The first kappa shape index (κ1) is 16.5. The smallest absolute Gasteiger partial charge is 0.323 e. The zero-order valence-electron chi connectivity index (χ0n) is 12.2. The van der Waals surface area contributed by atoms with Gasteiger partial charge in [-0.25, -0.2) is 4.79 Å². The van der Waals surface area contributed by atoms with Gasteiger partial charge in [0.2, 0.25) is 5.91 Å². The van der Waals surface area contributed by atoms with Crippen molar-refractivity contribution in [2.24, 2.45) is 0 Å². The summed E-state index contributed by atoms with van der Waals surface area (Å²) in [7, 11) is 1.46. The molecular formula is C14H19N3O4. The Kier molecular flexibility index (Phi) is 5.71. The van der Waals surface area contributed by atoms with Crippen LogP contribution in [0.5, 0.6) is 0 Å². The van der Waals surface area contributed by atoms with E-state index in [4.69, 9.17) is 5.11 Å². The summed E-state index contributed by atoms with van der Waals surface area (Å²) in [6.45, 7) is 2.92. The minimum absolute atomic E-state index is 0.359. The lowest BCUT2D eigenvalue weighted by atomic mass is 10.2. The summed E-state index contributed by atoms with van der Waals surface area (Å²) in [5.74, 6) is -1.50. The van der Waals surface area contributed by atoms with Crippen LogP contribution < -0.4 is 15.5 Å². The maximum Gasteiger partial charge on any atom is 0.323 e. The molecule has 1 rings (SSSR count). The van der Waals surface area contributed by atoms with E-state index in [9.17, 15) is 14.4 Å². The summed E-state index contributed by atoms with van der Waals surface area (Å²) >= 11 is 0. The summed E-state index contributed by atoms with van der Waals surface area (Å²) in [5.41, 5.74) is 1.44. The third kappa shape index (κ3) is 4.79. The number of hydrogen-bond acceptors (Lipinski definition) is 3. The number of amides is 3. The van der Waals surface area contributed by atoms with Gasteiger partial charge < -0.3 is 15.7 Å². The Morgan fingerprint density at radius 1 is 1.24 bits per heavy atom. The standard InChI is InChI=1S/C14H19N3O4/c1-9-4-6-11(7-5-9)17(8-12(18)19)14(21)16-10(2)13(20)15-3/h4-7,10H,8H2,1-3H3,(H,15,20)(H,16,21)(H,18,19). The van der Waals surface area contributed by atoms with E-state index in [1.54, 1.807) is 24.3 Å². The fraction of sp³-hybridized carbons (Fsp3) is 0.357. The first-order chi connectivity index (χ1) is 9.85. The van der Waals surface area contributed by atoms with Gasteiger partial charge in [-0.05, 0) is 26.0 Å². The van der Waals surface area contributed by atoms with Crippen molar-refractivity contribution in [1.29, 1.82) is 0 Å². The number of carboxylic acid groups (broad SMARTS) is 1. The minimum Gasteiger partial charge on any atom is -0.480 e. The lowest BCUT2D eigenvalue weighted by Gasteiger charge is -2.23. The summed E-state index contributed by atoms with van der Waals surface area (Å²) in [6.07, 6.45) is 0. The zero-order valence-corrected chi connectivity index (χ0v) is 12.2. The van der Waals surface area contributed by atoms with E-state index in [0.717, 1.165) is 10.5 Å². The van der Waals surface area contributed by atoms with Gasteiger partial charge in [0.05, 0.1) is 0 Å². The molecule has 114 valence electrons. The van der Waals surface area contributed by atoms with Crippen LogP contribution in [0.25, 0.3) is 0 Å². The molecule has 0 radical (unpaired) electrons. The quantitative estimate of drug-likeness (QED) is 0.745. The first-order valence-corrected chi connectivity index (χ1v) is 6.43. The predicted octanol–water partition coefficient (Wildman–Crippen LogP) is 0.730. The van der Waals surface area contributed by atoms with E-state index in [2.05, 4.69) is 10.6 Å². The summed E-state index contributed by atoms with van der Waals surface area (Å²) in [6, 6.07) is 5.46. The highest BCUT2D eigenvalue weighted by Gasteiger charge is 2.22.